The van der Waals surface area contributed by atoms with Crippen LogP contribution in [-0.2, 0) is 0 Å². The Kier molecular flexibility index (Phi) is 4.10. The number of hydrogen-bond acceptors (Lipinski definition) is 5. The fourth-order valence-corrected chi connectivity index (χ4v) is 3.64. The average molecular weight is 353 g/mol. The molecule has 0 amide bonds. The number of fused-ring (bicyclic) bond motifs is 1. The second kappa shape index (κ2) is 6.72. The minimum atomic E-state index is 0.319. The molecule has 3 aromatic carbocycles. The van der Waals surface area contributed by atoms with Crippen molar-refractivity contribution in [3.63, 3.8) is 0 Å². The second-order valence-corrected chi connectivity index (χ2v) is 6.61. The van der Waals surface area contributed by atoms with E-state index in [0.717, 1.165) is 26.5 Å². The monoisotopic (exact) mass is 353 g/mol. The molecule has 0 N–H and O–H groups in total. The zero-order valence-electron chi connectivity index (χ0n) is 13.5. The first kappa shape index (κ1) is 15.9. The van der Waals surface area contributed by atoms with Crippen molar-refractivity contribution in [1.82, 2.24) is 15.0 Å². The summed E-state index contributed by atoms with van der Waals surface area (Å²) in [6, 6.07) is 25.1. The van der Waals surface area contributed by atoms with Gasteiger partial charge in [0.1, 0.15) is 17.7 Å². The van der Waals surface area contributed by atoms with Gasteiger partial charge in [0.05, 0.1) is 22.3 Å². The van der Waals surface area contributed by atoms with Crippen LogP contribution in [0.25, 0.3) is 16.7 Å². The summed E-state index contributed by atoms with van der Waals surface area (Å²) in [6.45, 7) is 0. The van der Waals surface area contributed by atoms with Gasteiger partial charge in [0.2, 0.25) is 0 Å². The fraction of sp³-hybridized carbons (Fsp3) is 0. The van der Waals surface area contributed by atoms with Crippen molar-refractivity contribution in [1.29, 1.82) is 10.5 Å². The van der Waals surface area contributed by atoms with Gasteiger partial charge in [-0.05, 0) is 36.4 Å². The van der Waals surface area contributed by atoms with Gasteiger partial charge in [-0.15, -0.1) is 5.10 Å². The zero-order valence-corrected chi connectivity index (χ0v) is 14.3. The molecule has 4 aromatic rings. The molecule has 0 radical (unpaired) electrons. The molecule has 6 heteroatoms. The Bertz CT molecular complexity index is 1180. The Balaban J connectivity index is 1.95. The van der Waals surface area contributed by atoms with Crippen LogP contribution in [0.5, 0.6) is 0 Å². The topological polar surface area (TPSA) is 78.3 Å². The summed E-state index contributed by atoms with van der Waals surface area (Å²) >= 11 is 1.52. The van der Waals surface area contributed by atoms with Gasteiger partial charge in [0, 0.05) is 9.79 Å². The Morgan fingerprint density at radius 3 is 2.31 bits per heavy atom. The van der Waals surface area contributed by atoms with E-state index in [1.54, 1.807) is 16.8 Å². The largest absolute Gasteiger partial charge is 0.212 e. The van der Waals surface area contributed by atoms with E-state index in [-0.39, 0.29) is 0 Å². The molecule has 26 heavy (non-hydrogen) atoms. The van der Waals surface area contributed by atoms with E-state index in [1.807, 2.05) is 54.6 Å². The molecule has 0 fully saturated rings. The molecule has 0 aliphatic rings. The van der Waals surface area contributed by atoms with Crippen molar-refractivity contribution in [2.45, 2.75) is 9.79 Å². The first-order chi connectivity index (χ1) is 12.8. The third-order valence-corrected chi connectivity index (χ3v) is 4.95. The lowest BCUT2D eigenvalue weighted by molar-refractivity contribution is 0.811. The molecule has 1 aromatic heterocycles. The van der Waals surface area contributed by atoms with Crippen molar-refractivity contribution in [2.24, 2.45) is 0 Å². The summed E-state index contributed by atoms with van der Waals surface area (Å²) < 4.78 is 1.71. The van der Waals surface area contributed by atoms with Gasteiger partial charge in [-0.2, -0.15) is 10.5 Å². The highest BCUT2D eigenvalue weighted by molar-refractivity contribution is 7.99. The van der Waals surface area contributed by atoms with Crippen LogP contribution in [0.3, 0.4) is 0 Å². The molecule has 0 aliphatic carbocycles. The van der Waals surface area contributed by atoms with Crippen molar-refractivity contribution in [2.75, 3.05) is 0 Å². The van der Waals surface area contributed by atoms with Crippen LogP contribution in [0.2, 0.25) is 0 Å². The number of aromatic nitrogens is 3. The maximum atomic E-state index is 9.41. The molecule has 5 nitrogen and oxygen atoms in total. The van der Waals surface area contributed by atoms with Crippen LogP contribution in [-0.4, -0.2) is 15.0 Å². The zero-order chi connectivity index (χ0) is 17.9. The predicted molar refractivity (Wildman–Crippen MR) is 98.9 cm³/mol. The molecule has 0 unspecified atom stereocenters. The van der Waals surface area contributed by atoms with E-state index in [1.165, 1.54) is 11.8 Å². The standard InChI is InChI=1S/C20H11N5S/c21-12-14-10-19(25-18-9-5-4-8-17(18)23-24-25)20(11-15(14)13-22)26-16-6-2-1-3-7-16/h1-11H. The van der Waals surface area contributed by atoms with Gasteiger partial charge in [0.15, 0.2) is 0 Å². The van der Waals surface area contributed by atoms with E-state index in [9.17, 15) is 10.5 Å². The number of benzene rings is 3. The fourth-order valence-electron chi connectivity index (χ4n) is 2.66. The molecular formula is C20H11N5S. The Labute approximate surface area is 154 Å². The molecule has 122 valence electrons. The molecule has 4 rings (SSSR count). The van der Waals surface area contributed by atoms with Crippen molar-refractivity contribution >= 4 is 22.8 Å². The van der Waals surface area contributed by atoms with Crippen molar-refractivity contribution in [3.05, 3.63) is 77.9 Å². The van der Waals surface area contributed by atoms with Crippen LogP contribution < -0.4 is 0 Å². The molecule has 0 spiro atoms. The number of nitriles is 2. The molecule has 0 saturated carbocycles. The van der Waals surface area contributed by atoms with E-state index in [0.29, 0.717) is 11.1 Å². The highest BCUT2D eigenvalue weighted by Crippen LogP contribution is 2.35. The lowest BCUT2D eigenvalue weighted by atomic mass is 10.1. The minimum Gasteiger partial charge on any atom is -0.212 e. The number of rotatable bonds is 3. The predicted octanol–water partition coefficient (Wildman–Crippen LogP) is 4.32. The van der Waals surface area contributed by atoms with Gasteiger partial charge < -0.3 is 0 Å². The SMILES string of the molecule is N#Cc1cc(Sc2ccccc2)c(-n2nnc3ccccc32)cc1C#N. The average Bonchev–Trinajstić information content (AvgIpc) is 3.12. The van der Waals surface area contributed by atoms with Gasteiger partial charge in [-0.25, -0.2) is 4.68 Å². The van der Waals surface area contributed by atoms with Crippen LogP contribution in [0.1, 0.15) is 11.1 Å². The molecule has 1 heterocycles. The van der Waals surface area contributed by atoms with Gasteiger partial charge in [-0.1, -0.05) is 47.3 Å². The highest BCUT2D eigenvalue weighted by atomic mass is 32.2. The lowest BCUT2D eigenvalue weighted by Gasteiger charge is -2.11. The summed E-state index contributed by atoms with van der Waals surface area (Å²) in [4.78, 5) is 1.87. The first-order valence-corrected chi connectivity index (χ1v) is 8.64. The first-order valence-electron chi connectivity index (χ1n) is 7.82. The summed E-state index contributed by atoms with van der Waals surface area (Å²) in [5.41, 5.74) is 3.00. The van der Waals surface area contributed by atoms with Gasteiger partial charge >= 0.3 is 0 Å². The molecule has 0 atom stereocenters. The highest BCUT2D eigenvalue weighted by Gasteiger charge is 2.16. The third kappa shape index (κ3) is 2.79. The van der Waals surface area contributed by atoms with E-state index in [2.05, 4.69) is 22.5 Å². The van der Waals surface area contributed by atoms with Gasteiger partial charge in [-0.3, -0.25) is 0 Å². The number of para-hydroxylation sites is 1. The third-order valence-electron chi connectivity index (χ3n) is 3.89. The summed E-state index contributed by atoms with van der Waals surface area (Å²) in [6.07, 6.45) is 0. The van der Waals surface area contributed by atoms with E-state index >= 15 is 0 Å². The van der Waals surface area contributed by atoms with Crippen LogP contribution in [0.4, 0.5) is 0 Å². The van der Waals surface area contributed by atoms with Crippen LogP contribution in [0, 0.1) is 22.7 Å². The molecule has 0 aliphatic heterocycles. The Hall–Kier alpha value is -3.61. The molecule has 0 bridgehead atoms. The molecular weight excluding hydrogens is 342 g/mol. The lowest BCUT2D eigenvalue weighted by Crippen LogP contribution is -2.01. The minimum absolute atomic E-state index is 0.319. The Morgan fingerprint density at radius 1 is 0.846 bits per heavy atom. The molecule has 0 saturated heterocycles. The quantitative estimate of drug-likeness (QED) is 0.548. The maximum Gasteiger partial charge on any atom is 0.113 e. The number of hydrogen-bond donors (Lipinski definition) is 0. The Morgan fingerprint density at radius 2 is 1.54 bits per heavy atom. The van der Waals surface area contributed by atoms with E-state index in [4.69, 9.17) is 0 Å². The summed E-state index contributed by atoms with van der Waals surface area (Å²) in [7, 11) is 0. The van der Waals surface area contributed by atoms with Crippen LogP contribution >= 0.6 is 11.8 Å². The van der Waals surface area contributed by atoms with E-state index < -0.39 is 0 Å². The number of nitrogens with zero attached hydrogens (tertiary/aromatic N) is 5. The summed E-state index contributed by atoms with van der Waals surface area (Å²) in [5.74, 6) is 0. The second-order valence-electron chi connectivity index (χ2n) is 5.49. The van der Waals surface area contributed by atoms with Crippen molar-refractivity contribution < 1.29 is 0 Å². The normalized spacial score (nSPS) is 10.4. The smallest absolute Gasteiger partial charge is 0.113 e. The van der Waals surface area contributed by atoms with Crippen molar-refractivity contribution in [3.8, 4) is 17.8 Å². The maximum absolute atomic E-state index is 9.41. The van der Waals surface area contributed by atoms with Gasteiger partial charge in [0.25, 0.3) is 0 Å². The van der Waals surface area contributed by atoms with Crippen LogP contribution in [0.15, 0.2) is 76.5 Å². The summed E-state index contributed by atoms with van der Waals surface area (Å²) in [5, 5.41) is 27.3.